The molecule has 30 heavy (non-hydrogen) atoms. The molecule has 0 aromatic carbocycles. The van der Waals surface area contributed by atoms with Crippen LogP contribution < -0.4 is 5.32 Å². The fraction of sp³-hybridized carbons (Fsp3) is 0.261. The van der Waals surface area contributed by atoms with Gasteiger partial charge in [0.25, 0.3) is 5.91 Å². The molecule has 152 valence electrons. The van der Waals surface area contributed by atoms with E-state index in [1.54, 1.807) is 21.7 Å². The van der Waals surface area contributed by atoms with Gasteiger partial charge in [0.1, 0.15) is 0 Å². The van der Waals surface area contributed by atoms with Gasteiger partial charge in [0.05, 0.1) is 35.0 Å². The molecule has 5 rings (SSSR count). The fourth-order valence-electron chi connectivity index (χ4n) is 3.97. The Kier molecular flexibility index (Phi) is 4.59. The standard InChI is InChI=1S/C23H24N6O/c1-16-13-27(9-8-24-16)20-7-6-19-5-3-4-18(10-23(30)28(19)15-20)22-11-21-12-25-17(2)14-29(21)26-22/h3-7,10-12,14-16,24H,8-9,13H2,1-2H3/b4-3?,18-10?,19-5+/t16-/m1/s1. The van der Waals surface area contributed by atoms with Crippen LogP contribution in [0.15, 0.2) is 72.5 Å². The quantitative estimate of drug-likeness (QED) is 0.839. The zero-order valence-electron chi connectivity index (χ0n) is 17.1. The van der Waals surface area contributed by atoms with Gasteiger partial charge < -0.3 is 10.2 Å². The number of rotatable bonds is 2. The highest BCUT2D eigenvalue weighted by atomic mass is 16.2. The first-order valence-corrected chi connectivity index (χ1v) is 10.2. The highest BCUT2D eigenvalue weighted by Gasteiger charge is 2.23. The number of carbonyl (C=O) groups excluding carboxylic acids is 1. The maximum Gasteiger partial charge on any atom is 0.255 e. The maximum absolute atomic E-state index is 13.2. The molecule has 2 aromatic heterocycles. The Bertz CT molecular complexity index is 1170. The topological polar surface area (TPSA) is 65.8 Å². The second-order valence-electron chi connectivity index (χ2n) is 7.87. The molecule has 0 aliphatic carbocycles. The Labute approximate surface area is 175 Å². The van der Waals surface area contributed by atoms with Gasteiger partial charge in [-0.05, 0) is 38.1 Å². The summed E-state index contributed by atoms with van der Waals surface area (Å²) in [7, 11) is 0. The number of allylic oxidation sites excluding steroid dienone is 6. The minimum Gasteiger partial charge on any atom is -0.368 e. The number of hydrogen-bond donors (Lipinski definition) is 1. The largest absolute Gasteiger partial charge is 0.368 e. The Morgan fingerprint density at radius 2 is 2.07 bits per heavy atom. The molecule has 1 atom stereocenters. The van der Waals surface area contributed by atoms with Crippen molar-refractivity contribution in [2.75, 3.05) is 19.6 Å². The van der Waals surface area contributed by atoms with E-state index in [4.69, 9.17) is 0 Å². The molecular formula is C23H24N6O. The first-order valence-electron chi connectivity index (χ1n) is 10.2. The van der Waals surface area contributed by atoms with Gasteiger partial charge in [-0.25, -0.2) is 4.52 Å². The monoisotopic (exact) mass is 400 g/mol. The maximum atomic E-state index is 13.2. The molecule has 3 aliphatic rings. The summed E-state index contributed by atoms with van der Waals surface area (Å²) in [5.41, 5.74) is 5.22. The third-order valence-electron chi connectivity index (χ3n) is 5.53. The summed E-state index contributed by atoms with van der Waals surface area (Å²) in [6, 6.07) is 2.37. The van der Waals surface area contributed by atoms with Crippen molar-refractivity contribution in [1.82, 2.24) is 29.7 Å². The zero-order chi connectivity index (χ0) is 20.7. The number of piperazine rings is 1. The van der Waals surface area contributed by atoms with Crippen LogP contribution in [0.3, 0.4) is 0 Å². The van der Waals surface area contributed by atoms with Crippen molar-refractivity contribution in [2.24, 2.45) is 0 Å². The first kappa shape index (κ1) is 18.6. The van der Waals surface area contributed by atoms with Gasteiger partial charge in [0.15, 0.2) is 0 Å². The summed E-state index contributed by atoms with van der Waals surface area (Å²) in [5.74, 6) is -0.0861. The van der Waals surface area contributed by atoms with Gasteiger partial charge in [-0.1, -0.05) is 12.2 Å². The normalized spacial score (nSPS) is 23.5. The van der Waals surface area contributed by atoms with Crippen molar-refractivity contribution in [1.29, 1.82) is 0 Å². The number of aromatic nitrogens is 3. The number of hydrogen-bond acceptors (Lipinski definition) is 5. The van der Waals surface area contributed by atoms with Crippen LogP contribution >= 0.6 is 0 Å². The minimum atomic E-state index is -0.0861. The third-order valence-corrected chi connectivity index (χ3v) is 5.53. The molecule has 3 aliphatic heterocycles. The molecule has 1 saturated heterocycles. The summed E-state index contributed by atoms with van der Waals surface area (Å²) >= 11 is 0. The van der Waals surface area contributed by atoms with Gasteiger partial charge in [-0.2, -0.15) is 5.10 Å². The number of nitrogens with one attached hydrogen (secondary N) is 1. The fourth-order valence-corrected chi connectivity index (χ4v) is 3.97. The molecule has 0 spiro atoms. The highest BCUT2D eigenvalue weighted by Crippen LogP contribution is 2.25. The summed E-state index contributed by atoms with van der Waals surface area (Å²) < 4.78 is 1.80. The Hall–Kier alpha value is -3.45. The highest BCUT2D eigenvalue weighted by molar-refractivity contribution is 5.99. The van der Waals surface area contributed by atoms with Crippen molar-refractivity contribution in [3.05, 3.63) is 83.9 Å². The van der Waals surface area contributed by atoms with Gasteiger partial charge in [-0.15, -0.1) is 0 Å². The van der Waals surface area contributed by atoms with Crippen molar-refractivity contribution in [3.63, 3.8) is 0 Å². The average Bonchev–Trinajstić information content (AvgIpc) is 3.14. The van der Waals surface area contributed by atoms with Gasteiger partial charge in [0.2, 0.25) is 0 Å². The summed E-state index contributed by atoms with van der Waals surface area (Å²) in [6.45, 7) is 6.90. The van der Waals surface area contributed by atoms with E-state index >= 15 is 0 Å². The first-order chi connectivity index (χ1) is 14.6. The molecule has 0 saturated carbocycles. The van der Waals surface area contributed by atoms with E-state index in [-0.39, 0.29) is 5.91 Å². The van der Waals surface area contributed by atoms with Crippen LogP contribution in [0.25, 0.3) is 11.1 Å². The summed E-state index contributed by atoms with van der Waals surface area (Å²) in [5, 5.41) is 8.08. The van der Waals surface area contributed by atoms with Crippen LogP contribution in [0.2, 0.25) is 0 Å². The second kappa shape index (κ2) is 7.42. The Morgan fingerprint density at radius 3 is 2.93 bits per heavy atom. The molecule has 0 bridgehead atoms. The molecule has 1 fully saturated rings. The predicted octanol–water partition coefficient (Wildman–Crippen LogP) is 2.41. The molecule has 1 amide bonds. The van der Waals surface area contributed by atoms with Crippen LogP contribution in [-0.2, 0) is 4.79 Å². The number of carbonyl (C=O) groups is 1. The lowest BCUT2D eigenvalue weighted by molar-refractivity contribution is -0.122. The predicted molar refractivity (Wildman–Crippen MR) is 116 cm³/mol. The molecule has 0 unspecified atom stereocenters. The Morgan fingerprint density at radius 1 is 1.20 bits per heavy atom. The van der Waals surface area contributed by atoms with Crippen LogP contribution in [0.5, 0.6) is 0 Å². The molecule has 2 aromatic rings. The van der Waals surface area contributed by atoms with E-state index in [2.05, 4.69) is 33.3 Å². The van der Waals surface area contributed by atoms with Crippen molar-refractivity contribution < 1.29 is 4.79 Å². The van der Waals surface area contributed by atoms with Crippen LogP contribution in [0.1, 0.15) is 18.3 Å². The van der Waals surface area contributed by atoms with Crippen molar-refractivity contribution >= 4 is 17.0 Å². The van der Waals surface area contributed by atoms with Gasteiger partial charge >= 0.3 is 0 Å². The lowest BCUT2D eigenvalue weighted by Gasteiger charge is -2.36. The second-order valence-corrected chi connectivity index (χ2v) is 7.87. The third kappa shape index (κ3) is 3.48. The van der Waals surface area contributed by atoms with E-state index in [9.17, 15) is 4.79 Å². The lowest BCUT2D eigenvalue weighted by Crippen LogP contribution is -2.48. The average molecular weight is 400 g/mol. The molecule has 5 heterocycles. The lowest BCUT2D eigenvalue weighted by atomic mass is 10.1. The number of fused-ring (bicyclic) bond motifs is 2. The number of amides is 1. The SMILES string of the molecule is Cc1cn2nc(C3=CC(=O)N4C=C(N5CCN[C@H](C)C5)C=C/C4=C\C=C3)cc2cn1. The van der Waals surface area contributed by atoms with Crippen molar-refractivity contribution in [3.8, 4) is 0 Å². The van der Waals surface area contributed by atoms with E-state index in [1.165, 1.54) is 0 Å². The van der Waals surface area contributed by atoms with E-state index < -0.39 is 0 Å². The summed E-state index contributed by atoms with van der Waals surface area (Å²) in [4.78, 5) is 21.5. The molecule has 7 heteroatoms. The van der Waals surface area contributed by atoms with Crippen LogP contribution in [0.4, 0.5) is 0 Å². The molecule has 7 nitrogen and oxygen atoms in total. The van der Waals surface area contributed by atoms with Crippen LogP contribution in [-0.4, -0.2) is 56.0 Å². The number of nitrogens with zero attached hydrogens (tertiary/aromatic N) is 5. The van der Waals surface area contributed by atoms with E-state index in [1.807, 2.05) is 49.7 Å². The summed E-state index contributed by atoms with van der Waals surface area (Å²) in [6.07, 6.45) is 17.2. The van der Waals surface area contributed by atoms with E-state index in [0.29, 0.717) is 6.04 Å². The molecular weight excluding hydrogens is 376 g/mol. The molecule has 0 radical (unpaired) electrons. The minimum absolute atomic E-state index is 0.0861. The molecule has 1 N–H and O–H groups in total. The van der Waals surface area contributed by atoms with Gasteiger partial charge in [0, 0.05) is 49.2 Å². The smallest absolute Gasteiger partial charge is 0.255 e. The van der Waals surface area contributed by atoms with Crippen LogP contribution in [0, 0.1) is 6.92 Å². The Balaban J connectivity index is 1.47. The number of aryl methyl sites for hydroxylation is 1. The van der Waals surface area contributed by atoms with E-state index in [0.717, 1.165) is 53.5 Å². The van der Waals surface area contributed by atoms with Gasteiger partial charge in [-0.3, -0.25) is 14.7 Å². The van der Waals surface area contributed by atoms with Crippen molar-refractivity contribution in [2.45, 2.75) is 19.9 Å². The zero-order valence-corrected chi connectivity index (χ0v) is 17.1.